The van der Waals surface area contributed by atoms with E-state index in [1.807, 2.05) is 6.07 Å². The molecule has 0 saturated carbocycles. The zero-order valence-corrected chi connectivity index (χ0v) is 15.7. The molecule has 0 aliphatic rings. The zero-order chi connectivity index (χ0) is 15.5. The van der Waals surface area contributed by atoms with Crippen LogP contribution in [0.1, 0.15) is 41.5 Å². The molecule has 0 radical (unpaired) electrons. The molecule has 1 aromatic carbocycles. The van der Waals surface area contributed by atoms with Gasteiger partial charge in [0.1, 0.15) is 5.82 Å². The molecule has 0 N–H and O–H groups in total. The van der Waals surface area contributed by atoms with Gasteiger partial charge in [-0.05, 0) is 53.7 Å². The molecule has 0 aromatic heterocycles. The van der Waals surface area contributed by atoms with Gasteiger partial charge in [-0.1, -0.05) is 13.3 Å². The summed E-state index contributed by atoms with van der Waals surface area (Å²) in [5, 5.41) is 1.22. The summed E-state index contributed by atoms with van der Waals surface area (Å²) in [7, 11) is 2.78. The minimum absolute atomic E-state index is 0.0685. The molecule has 1 rings (SSSR count). The molecule has 0 aliphatic heterocycles. The van der Waals surface area contributed by atoms with Gasteiger partial charge in [-0.25, -0.2) is 4.39 Å². The topological polar surface area (TPSA) is 0 Å². The summed E-state index contributed by atoms with van der Waals surface area (Å²) in [4.78, 5) is 0. The van der Waals surface area contributed by atoms with Gasteiger partial charge in [0.15, 0.2) is 0 Å². The van der Waals surface area contributed by atoms with Crippen LogP contribution in [0.25, 0.3) is 0 Å². The van der Waals surface area contributed by atoms with Gasteiger partial charge in [-0.3, -0.25) is 0 Å². The third-order valence-electron chi connectivity index (χ3n) is 3.54. The van der Waals surface area contributed by atoms with Crippen molar-refractivity contribution in [2.75, 3.05) is 0 Å². The summed E-state index contributed by atoms with van der Waals surface area (Å²) in [6, 6.07) is 6.98. The second-order valence-corrected chi connectivity index (χ2v) is 11.5. The van der Waals surface area contributed by atoms with Gasteiger partial charge >= 0.3 is 27.7 Å². The Morgan fingerprint density at radius 3 is 1.79 bits per heavy atom. The summed E-state index contributed by atoms with van der Waals surface area (Å²) in [5.41, 5.74) is 0. The first kappa shape index (κ1) is 19.5. The fourth-order valence-corrected chi connectivity index (χ4v) is 6.74. The second-order valence-electron chi connectivity index (χ2n) is 6.63. The van der Waals surface area contributed by atoms with E-state index in [-0.39, 0.29) is 16.1 Å². The molecule has 0 bridgehead atoms. The molecule has 0 aliphatic carbocycles. The van der Waals surface area contributed by atoms with Crippen LogP contribution < -0.4 is 5.30 Å². The van der Waals surface area contributed by atoms with E-state index in [2.05, 4.69) is 75.9 Å². The van der Waals surface area contributed by atoms with Crippen molar-refractivity contribution in [1.82, 2.24) is 0 Å². The number of hydrogen-bond donors (Lipinski definition) is 0. The molecule has 0 fully saturated rings. The Balaban J connectivity index is 0.00000154. The number of hydrogen-bond acceptors (Lipinski definition) is 0. The summed E-state index contributed by atoms with van der Waals surface area (Å²) in [5.74, 6) is -0.163. The van der Waals surface area contributed by atoms with Crippen molar-refractivity contribution in [3.63, 3.8) is 0 Å². The van der Waals surface area contributed by atoms with Crippen LogP contribution in [-0.4, -0.2) is 10.3 Å². The van der Waals surface area contributed by atoms with Crippen molar-refractivity contribution >= 4 is 22.1 Å². The molecule has 19 heavy (non-hydrogen) atoms. The monoisotopic (exact) mass is 395 g/mol. The van der Waals surface area contributed by atoms with Crippen LogP contribution in [0.5, 0.6) is 0 Å². The molecule has 1 aromatic rings. The van der Waals surface area contributed by atoms with Gasteiger partial charge in [0, 0.05) is 6.07 Å². The molecule has 0 heterocycles. The van der Waals surface area contributed by atoms with E-state index in [9.17, 15) is 4.39 Å². The molecule has 0 spiro atoms. The maximum absolute atomic E-state index is 13.5. The third kappa shape index (κ3) is 4.25. The van der Waals surface area contributed by atoms with Gasteiger partial charge in [-0.15, -0.1) is 0 Å². The van der Waals surface area contributed by atoms with Crippen LogP contribution >= 0.6 is 16.8 Å². The molecule has 0 saturated heterocycles. The van der Waals surface area contributed by atoms with Crippen molar-refractivity contribution < 1.29 is 22.6 Å². The van der Waals surface area contributed by atoms with E-state index in [1.54, 1.807) is 12.1 Å². The van der Waals surface area contributed by atoms with Crippen LogP contribution in [0, 0.1) is 12.5 Å². The van der Waals surface area contributed by atoms with Gasteiger partial charge in [-0.2, -0.15) is 6.66 Å². The molecular formula is C15H24ClFPPd+. The quantitative estimate of drug-likeness (QED) is 0.332. The summed E-state index contributed by atoms with van der Waals surface area (Å²) < 4.78 is 13.5. The van der Waals surface area contributed by atoms with Gasteiger partial charge < -0.3 is 0 Å². The Morgan fingerprint density at radius 1 is 1.05 bits per heavy atom. The van der Waals surface area contributed by atoms with E-state index in [1.165, 1.54) is 6.07 Å². The number of rotatable bonds is 1. The molecule has 112 valence electrons. The first-order valence-electron chi connectivity index (χ1n) is 6.12. The SMILES string of the molecule is [CH2-][P+](c1cccc(F)c1)(C(C)(C)C)C(C)(C)C.[Cl][Pd+]. The van der Waals surface area contributed by atoms with Crippen LogP contribution in [0.4, 0.5) is 4.39 Å². The molecule has 0 nitrogen and oxygen atoms in total. The van der Waals surface area contributed by atoms with Crippen molar-refractivity contribution in [2.45, 2.75) is 51.9 Å². The second kappa shape index (κ2) is 7.00. The summed E-state index contributed by atoms with van der Waals surface area (Å²) in [6.45, 7) is 17.8. The number of benzene rings is 1. The minimum atomic E-state index is -1.71. The predicted octanol–water partition coefficient (Wildman–Crippen LogP) is 5.54. The van der Waals surface area contributed by atoms with Crippen LogP contribution in [-0.2, 0) is 18.2 Å². The Hall–Kier alpha value is 0.532. The summed E-state index contributed by atoms with van der Waals surface area (Å²) in [6.07, 6.45) is 0. The van der Waals surface area contributed by atoms with E-state index < -0.39 is 7.26 Å². The first-order chi connectivity index (χ1) is 8.50. The zero-order valence-electron chi connectivity index (χ0n) is 12.5. The van der Waals surface area contributed by atoms with Crippen LogP contribution in [0.15, 0.2) is 24.3 Å². The number of halogens is 2. The van der Waals surface area contributed by atoms with Gasteiger partial charge in [0.05, 0.1) is 15.6 Å². The normalized spacial score (nSPS) is 12.8. The third-order valence-corrected chi connectivity index (χ3v) is 9.28. The first-order valence-corrected chi connectivity index (χ1v) is 10.1. The Kier molecular flexibility index (Phi) is 7.19. The Morgan fingerprint density at radius 2 is 1.47 bits per heavy atom. The average molecular weight is 396 g/mol. The standard InChI is InChI=1S/C15H24FP.ClH.Pd/c1-14(2,3)17(7,15(4,5)6)13-10-8-9-12(16)11-13;;/h8-11H,7H2,1-6H3;1H;/q;;+2/p-1. The molecule has 0 unspecified atom stereocenters. The fraction of sp³-hybridized carbons (Fsp3) is 0.533. The van der Waals surface area contributed by atoms with Crippen molar-refractivity contribution in [1.29, 1.82) is 0 Å². The Labute approximate surface area is 133 Å². The van der Waals surface area contributed by atoms with E-state index in [0.717, 1.165) is 5.30 Å². The van der Waals surface area contributed by atoms with Crippen LogP contribution in [0.3, 0.4) is 0 Å². The van der Waals surface area contributed by atoms with Gasteiger partial charge in [0.25, 0.3) is 0 Å². The van der Waals surface area contributed by atoms with Crippen molar-refractivity contribution in [2.24, 2.45) is 0 Å². The molecule has 4 heteroatoms. The molecule has 0 atom stereocenters. The van der Waals surface area contributed by atoms with E-state index in [4.69, 9.17) is 0 Å². The fourth-order valence-electron chi connectivity index (χ4n) is 2.49. The molecule has 0 amide bonds. The van der Waals surface area contributed by atoms with Crippen LogP contribution in [0.2, 0.25) is 0 Å². The van der Waals surface area contributed by atoms with E-state index >= 15 is 0 Å². The average Bonchev–Trinajstić information content (AvgIpc) is 2.27. The van der Waals surface area contributed by atoms with Crippen molar-refractivity contribution in [3.8, 4) is 0 Å². The summed E-state index contributed by atoms with van der Waals surface area (Å²) >= 11 is 2.22. The van der Waals surface area contributed by atoms with Crippen molar-refractivity contribution in [3.05, 3.63) is 36.7 Å². The van der Waals surface area contributed by atoms with Gasteiger partial charge in [0.2, 0.25) is 0 Å². The Bertz CT molecular complexity index is 393. The predicted molar refractivity (Wildman–Crippen MR) is 83.7 cm³/mol. The van der Waals surface area contributed by atoms with E-state index in [0.29, 0.717) is 0 Å². The maximum atomic E-state index is 13.5. The molecular weight excluding hydrogens is 372 g/mol.